The Morgan fingerprint density at radius 3 is 2.60 bits per heavy atom. The molecular weight excluding hydrogens is 190 g/mol. The summed E-state index contributed by atoms with van der Waals surface area (Å²) in [6.45, 7) is 1.01. The monoisotopic (exact) mass is 207 g/mol. The number of hydrogen-bond donors (Lipinski definition) is 2. The smallest absolute Gasteiger partial charge is 0.157 e. The highest BCUT2D eigenvalue weighted by Crippen LogP contribution is 2.27. The summed E-state index contributed by atoms with van der Waals surface area (Å²) < 4.78 is 0. The van der Waals surface area contributed by atoms with Gasteiger partial charge in [-0.2, -0.15) is 0 Å². The van der Waals surface area contributed by atoms with Gasteiger partial charge in [-0.15, -0.1) is 0 Å². The first-order chi connectivity index (χ1) is 7.16. The molecule has 2 N–H and O–H groups in total. The van der Waals surface area contributed by atoms with Crippen molar-refractivity contribution in [3.05, 3.63) is 23.8 Å². The molecule has 1 aliphatic rings. The van der Waals surface area contributed by atoms with E-state index in [0.717, 1.165) is 24.6 Å². The topological polar surface area (TPSA) is 43.7 Å². The second-order valence-electron chi connectivity index (χ2n) is 4.28. The van der Waals surface area contributed by atoms with Crippen LogP contribution in [0.2, 0.25) is 0 Å². The Morgan fingerprint density at radius 2 is 2.00 bits per heavy atom. The van der Waals surface area contributed by atoms with Crippen LogP contribution in [0.3, 0.4) is 0 Å². The zero-order valence-electron chi connectivity index (χ0n) is 8.98. The molecular formula is C12H17NO2. The van der Waals surface area contributed by atoms with Crippen LogP contribution in [0.25, 0.3) is 0 Å². The normalized spacial score (nSPS) is 15.9. The third-order valence-electron chi connectivity index (χ3n) is 2.96. The average Bonchev–Trinajstić information content (AvgIpc) is 3.03. The molecule has 3 heteroatoms. The molecule has 0 aliphatic heterocycles. The average molecular weight is 207 g/mol. The van der Waals surface area contributed by atoms with Crippen LogP contribution in [-0.2, 0) is 6.42 Å². The molecule has 1 aromatic carbocycles. The Bertz CT molecular complexity index is 347. The summed E-state index contributed by atoms with van der Waals surface area (Å²) in [4.78, 5) is 2.35. The maximum absolute atomic E-state index is 9.32. The molecule has 0 saturated heterocycles. The number of hydrogen-bond acceptors (Lipinski definition) is 3. The molecule has 1 fully saturated rings. The maximum atomic E-state index is 9.32. The summed E-state index contributed by atoms with van der Waals surface area (Å²) >= 11 is 0. The summed E-state index contributed by atoms with van der Waals surface area (Å²) in [5.74, 6) is -0.0733. The summed E-state index contributed by atoms with van der Waals surface area (Å²) in [7, 11) is 2.14. The number of likely N-dealkylation sites (N-methyl/N-ethyl adjacent to an activating group) is 1. The molecule has 1 saturated carbocycles. The SMILES string of the molecule is CN(CCc1ccc(O)c(O)c1)C1CC1. The Hall–Kier alpha value is -1.22. The number of aromatic hydroxyl groups is 2. The second-order valence-corrected chi connectivity index (χ2v) is 4.28. The number of rotatable bonds is 4. The van der Waals surface area contributed by atoms with Gasteiger partial charge in [0.15, 0.2) is 11.5 Å². The fourth-order valence-electron chi connectivity index (χ4n) is 1.73. The Morgan fingerprint density at radius 1 is 1.27 bits per heavy atom. The van der Waals surface area contributed by atoms with Gasteiger partial charge in [-0.3, -0.25) is 0 Å². The molecule has 82 valence electrons. The van der Waals surface area contributed by atoms with Crippen molar-refractivity contribution >= 4 is 0 Å². The van der Waals surface area contributed by atoms with Gasteiger partial charge in [-0.1, -0.05) is 6.07 Å². The van der Waals surface area contributed by atoms with Crippen LogP contribution in [-0.4, -0.2) is 34.7 Å². The third-order valence-corrected chi connectivity index (χ3v) is 2.96. The maximum Gasteiger partial charge on any atom is 0.157 e. The highest BCUT2D eigenvalue weighted by atomic mass is 16.3. The minimum atomic E-state index is -0.0469. The van der Waals surface area contributed by atoms with E-state index < -0.39 is 0 Å². The molecule has 0 heterocycles. The molecule has 0 spiro atoms. The summed E-state index contributed by atoms with van der Waals surface area (Å²) in [5, 5.41) is 18.5. The minimum absolute atomic E-state index is 0.0263. The van der Waals surface area contributed by atoms with Crippen molar-refractivity contribution in [2.45, 2.75) is 25.3 Å². The summed E-state index contributed by atoms with van der Waals surface area (Å²) in [5.41, 5.74) is 1.07. The van der Waals surface area contributed by atoms with Crippen molar-refractivity contribution in [1.29, 1.82) is 0 Å². The van der Waals surface area contributed by atoms with Crippen molar-refractivity contribution < 1.29 is 10.2 Å². The summed E-state index contributed by atoms with van der Waals surface area (Å²) in [6, 6.07) is 5.81. The molecule has 0 amide bonds. The van der Waals surface area contributed by atoms with E-state index in [1.54, 1.807) is 12.1 Å². The third kappa shape index (κ3) is 2.63. The lowest BCUT2D eigenvalue weighted by atomic mass is 10.1. The first-order valence-electron chi connectivity index (χ1n) is 5.38. The van der Waals surface area contributed by atoms with Crippen LogP contribution in [0, 0.1) is 0 Å². The van der Waals surface area contributed by atoms with E-state index in [0.29, 0.717) is 0 Å². The van der Waals surface area contributed by atoms with Crippen molar-refractivity contribution in [3.63, 3.8) is 0 Å². The number of phenolic OH excluding ortho intramolecular Hbond substituents is 2. The van der Waals surface area contributed by atoms with E-state index in [1.807, 2.05) is 6.07 Å². The molecule has 15 heavy (non-hydrogen) atoms. The molecule has 0 aromatic heterocycles. The lowest BCUT2D eigenvalue weighted by Gasteiger charge is -2.15. The Labute approximate surface area is 90.0 Å². The molecule has 0 atom stereocenters. The highest BCUT2D eigenvalue weighted by molar-refractivity contribution is 5.40. The van der Waals surface area contributed by atoms with Crippen molar-refractivity contribution in [2.75, 3.05) is 13.6 Å². The van der Waals surface area contributed by atoms with Gasteiger partial charge in [0.1, 0.15) is 0 Å². The van der Waals surface area contributed by atoms with Crippen LogP contribution in [0.5, 0.6) is 11.5 Å². The predicted octanol–water partition coefficient (Wildman–Crippen LogP) is 1.73. The van der Waals surface area contributed by atoms with E-state index in [4.69, 9.17) is 5.11 Å². The molecule has 0 bridgehead atoms. The van der Waals surface area contributed by atoms with E-state index in [-0.39, 0.29) is 11.5 Å². The van der Waals surface area contributed by atoms with Crippen LogP contribution in [0.1, 0.15) is 18.4 Å². The second kappa shape index (κ2) is 4.11. The van der Waals surface area contributed by atoms with E-state index in [1.165, 1.54) is 12.8 Å². The van der Waals surface area contributed by atoms with Gasteiger partial charge in [-0.05, 0) is 44.0 Å². The van der Waals surface area contributed by atoms with Crippen molar-refractivity contribution in [2.24, 2.45) is 0 Å². The Kier molecular flexibility index (Phi) is 2.82. The number of phenols is 2. The van der Waals surface area contributed by atoms with Gasteiger partial charge in [-0.25, -0.2) is 0 Å². The van der Waals surface area contributed by atoms with Crippen molar-refractivity contribution in [1.82, 2.24) is 4.90 Å². The van der Waals surface area contributed by atoms with Crippen LogP contribution < -0.4 is 0 Å². The minimum Gasteiger partial charge on any atom is -0.504 e. The highest BCUT2D eigenvalue weighted by Gasteiger charge is 2.25. The van der Waals surface area contributed by atoms with Gasteiger partial charge in [0.25, 0.3) is 0 Å². The standard InChI is InChI=1S/C12H17NO2/c1-13(10-3-4-10)7-6-9-2-5-11(14)12(15)8-9/h2,5,8,10,14-15H,3-4,6-7H2,1H3. The molecule has 1 aliphatic carbocycles. The first-order valence-corrected chi connectivity index (χ1v) is 5.38. The fraction of sp³-hybridized carbons (Fsp3) is 0.500. The Balaban J connectivity index is 1.89. The molecule has 0 unspecified atom stereocenters. The van der Waals surface area contributed by atoms with Crippen molar-refractivity contribution in [3.8, 4) is 11.5 Å². The number of nitrogens with zero attached hydrogens (tertiary/aromatic N) is 1. The zero-order valence-corrected chi connectivity index (χ0v) is 8.98. The largest absolute Gasteiger partial charge is 0.504 e. The molecule has 3 nitrogen and oxygen atoms in total. The molecule has 0 radical (unpaired) electrons. The van der Waals surface area contributed by atoms with E-state index >= 15 is 0 Å². The first kappa shape index (κ1) is 10.3. The van der Waals surface area contributed by atoms with Crippen LogP contribution in [0.4, 0.5) is 0 Å². The van der Waals surface area contributed by atoms with Gasteiger partial charge in [0, 0.05) is 12.6 Å². The van der Waals surface area contributed by atoms with Crippen LogP contribution >= 0.6 is 0 Å². The number of benzene rings is 1. The van der Waals surface area contributed by atoms with E-state index in [9.17, 15) is 5.11 Å². The van der Waals surface area contributed by atoms with Gasteiger partial charge >= 0.3 is 0 Å². The predicted molar refractivity (Wildman–Crippen MR) is 59.1 cm³/mol. The molecule has 1 aromatic rings. The molecule has 2 rings (SSSR count). The van der Waals surface area contributed by atoms with Gasteiger partial charge < -0.3 is 15.1 Å². The van der Waals surface area contributed by atoms with Gasteiger partial charge in [0.2, 0.25) is 0 Å². The lowest BCUT2D eigenvalue weighted by Crippen LogP contribution is -2.23. The van der Waals surface area contributed by atoms with E-state index in [2.05, 4.69) is 11.9 Å². The van der Waals surface area contributed by atoms with Crippen LogP contribution in [0.15, 0.2) is 18.2 Å². The fourth-order valence-corrected chi connectivity index (χ4v) is 1.73. The quantitative estimate of drug-likeness (QED) is 0.739. The lowest BCUT2D eigenvalue weighted by molar-refractivity contribution is 0.328. The summed E-state index contributed by atoms with van der Waals surface area (Å²) in [6.07, 6.45) is 3.55. The zero-order chi connectivity index (χ0) is 10.8. The van der Waals surface area contributed by atoms with Gasteiger partial charge in [0.05, 0.1) is 0 Å².